The second-order valence-electron chi connectivity index (χ2n) is 9.06. The molecule has 0 amide bonds. The van der Waals surface area contributed by atoms with Gasteiger partial charge in [0.15, 0.2) is 0 Å². The van der Waals surface area contributed by atoms with E-state index in [0.717, 1.165) is 38.2 Å². The van der Waals surface area contributed by atoms with Gasteiger partial charge in [0.05, 0.1) is 6.61 Å². The zero-order valence-electron chi connectivity index (χ0n) is 21.8. The van der Waals surface area contributed by atoms with Crippen LogP contribution in [0, 0.1) is 5.82 Å². The smallest absolute Gasteiger partial charge is 0.328 e. The summed E-state index contributed by atoms with van der Waals surface area (Å²) < 4.78 is 19.4. The highest BCUT2D eigenvalue weighted by molar-refractivity contribution is 5.89. The average molecular weight is 537 g/mol. The van der Waals surface area contributed by atoms with Crippen LogP contribution < -0.4 is 9.64 Å². The van der Waals surface area contributed by atoms with Gasteiger partial charge in [0, 0.05) is 68.2 Å². The van der Waals surface area contributed by atoms with Crippen molar-refractivity contribution in [2.75, 3.05) is 37.7 Å². The molecule has 2 N–H and O–H groups in total. The zero-order valence-corrected chi connectivity index (χ0v) is 21.8. The van der Waals surface area contributed by atoms with Gasteiger partial charge in [-0.2, -0.15) is 0 Å². The minimum absolute atomic E-state index is 0.151. The molecule has 2 atom stereocenters. The summed E-state index contributed by atoms with van der Waals surface area (Å²) >= 11 is 0. The van der Waals surface area contributed by atoms with Crippen molar-refractivity contribution in [3.63, 3.8) is 0 Å². The number of benzene rings is 2. The summed E-state index contributed by atoms with van der Waals surface area (Å²) in [4.78, 5) is 32.2. The lowest BCUT2D eigenvalue weighted by Crippen LogP contribution is -2.50. The lowest BCUT2D eigenvalue weighted by molar-refractivity contribution is -0.134. The Bertz CT molecular complexity index is 1170. The molecule has 0 saturated carbocycles. The summed E-state index contributed by atoms with van der Waals surface area (Å²) in [6, 6.07) is 19.5. The van der Waals surface area contributed by atoms with Crippen molar-refractivity contribution in [3.05, 3.63) is 96.7 Å². The molecule has 9 nitrogen and oxygen atoms in total. The average Bonchev–Trinajstić information content (AvgIpc) is 2.96. The van der Waals surface area contributed by atoms with Crippen LogP contribution in [0.2, 0.25) is 0 Å². The molecule has 0 aliphatic carbocycles. The number of rotatable bonds is 10. The van der Waals surface area contributed by atoms with Crippen LogP contribution in [0.5, 0.6) is 5.88 Å². The van der Waals surface area contributed by atoms with Crippen LogP contribution in [0.15, 0.2) is 85.3 Å². The molecule has 0 radical (unpaired) electrons. The SMILES string of the molecule is CC(CC(COc1ccncn1)c1ccc(F)cc1)N1CCN(c2ccccc2)CC1.O=C(O)C=CC(=O)O. The Morgan fingerprint density at radius 2 is 1.62 bits per heavy atom. The number of aliphatic carboxylic acids is 2. The van der Waals surface area contributed by atoms with E-state index >= 15 is 0 Å². The number of carboxylic acid groups (broad SMARTS) is 2. The maximum Gasteiger partial charge on any atom is 0.328 e. The van der Waals surface area contributed by atoms with Gasteiger partial charge in [-0.3, -0.25) is 4.90 Å². The number of para-hydroxylation sites is 1. The van der Waals surface area contributed by atoms with E-state index in [1.165, 1.54) is 24.1 Å². The van der Waals surface area contributed by atoms with Crippen LogP contribution in [0.25, 0.3) is 0 Å². The molecule has 3 aromatic rings. The number of ether oxygens (including phenoxy) is 1. The van der Waals surface area contributed by atoms with Gasteiger partial charge in [-0.25, -0.2) is 23.9 Å². The molecule has 1 aliphatic rings. The van der Waals surface area contributed by atoms with Crippen LogP contribution in [-0.4, -0.2) is 75.8 Å². The van der Waals surface area contributed by atoms with Gasteiger partial charge >= 0.3 is 11.9 Å². The number of anilines is 1. The van der Waals surface area contributed by atoms with Gasteiger partial charge in [-0.05, 0) is 43.2 Å². The molecule has 206 valence electrons. The highest BCUT2D eigenvalue weighted by Crippen LogP contribution is 2.26. The van der Waals surface area contributed by atoms with Crippen LogP contribution in [0.4, 0.5) is 10.1 Å². The Kier molecular flexibility index (Phi) is 11.4. The molecule has 39 heavy (non-hydrogen) atoms. The molecule has 1 aliphatic heterocycles. The van der Waals surface area contributed by atoms with E-state index in [-0.39, 0.29) is 11.7 Å². The molecule has 0 bridgehead atoms. The van der Waals surface area contributed by atoms with Gasteiger partial charge in [0.25, 0.3) is 0 Å². The summed E-state index contributed by atoms with van der Waals surface area (Å²) in [5.41, 5.74) is 2.38. The number of carboxylic acids is 2. The highest BCUT2D eigenvalue weighted by atomic mass is 19.1. The van der Waals surface area contributed by atoms with Gasteiger partial charge < -0.3 is 19.8 Å². The molecule has 2 unspecified atom stereocenters. The van der Waals surface area contributed by atoms with E-state index in [1.807, 2.05) is 12.1 Å². The van der Waals surface area contributed by atoms with Crippen LogP contribution in [-0.2, 0) is 9.59 Å². The molecule has 2 heterocycles. The molecule has 2 aromatic carbocycles. The lowest BCUT2D eigenvalue weighted by Gasteiger charge is -2.40. The van der Waals surface area contributed by atoms with E-state index in [1.54, 1.807) is 12.3 Å². The standard InChI is InChI=1S/C25H29FN4O.C4H4O4/c1-20(29-13-15-30(16-14-29)24-5-3-2-4-6-24)17-22(21-7-9-23(26)10-8-21)18-31-25-11-12-27-19-28-25;5-3(6)1-2-4(7)8/h2-12,19-20,22H,13-18H2,1H3;1-2H,(H,5,6)(H,7,8). The highest BCUT2D eigenvalue weighted by Gasteiger charge is 2.25. The van der Waals surface area contributed by atoms with E-state index in [4.69, 9.17) is 14.9 Å². The van der Waals surface area contributed by atoms with Crippen LogP contribution >= 0.6 is 0 Å². The Morgan fingerprint density at radius 3 is 2.18 bits per heavy atom. The maximum atomic E-state index is 13.5. The number of piperazine rings is 1. The van der Waals surface area contributed by atoms with Gasteiger partial charge in [0.2, 0.25) is 5.88 Å². The second kappa shape index (κ2) is 15.2. The third kappa shape index (κ3) is 10.2. The quantitative estimate of drug-likeness (QED) is 0.370. The van der Waals surface area contributed by atoms with E-state index in [0.29, 0.717) is 30.7 Å². The summed E-state index contributed by atoms with van der Waals surface area (Å²) in [6.45, 7) is 6.87. The number of hydrogen-bond acceptors (Lipinski definition) is 7. The van der Waals surface area contributed by atoms with Crippen molar-refractivity contribution in [3.8, 4) is 5.88 Å². The van der Waals surface area contributed by atoms with Crippen molar-refractivity contribution < 1.29 is 28.9 Å². The first-order valence-electron chi connectivity index (χ1n) is 12.6. The van der Waals surface area contributed by atoms with Crippen LogP contribution in [0.3, 0.4) is 0 Å². The van der Waals surface area contributed by atoms with Crippen molar-refractivity contribution in [1.29, 1.82) is 0 Å². The van der Waals surface area contributed by atoms with Crippen LogP contribution in [0.1, 0.15) is 24.8 Å². The Balaban J connectivity index is 0.000000459. The molecule has 4 rings (SSSR count). The minimum atomic E-state index is -1.26. The maximum absolute atomic E-state index is 13.5. The van der Waals surface area contributed by atoms with Gasteiger partial charge in [-0.15, -0.1) is 0 Å². The molecule has 1 fully saturated rings. The fraction of sp³-hybridized carbons (Fsp3) is 0.310. The van der Waals surface area contributed by atoms with Crippen molar-refractivity contribution in [2.45, 2.75) is 25.3 Å². The summed E-state index contributed by atoms with van der Waals surface area (Å²) in [5.74, 6) is -2.02. The fourth-order valence-corrected chi connectivity index (χ4v) is 4.35. The third-order valence-electron chi connectivity index (χ3n) is 6.38. The van der Waals surface area contributed by atoms with Gasteiger partial charge in [-0.1, -0.05) is 30.3 Å². The number of hydrogen-bond donors (Lipinski definition) is 2. The second-order valence-corrected chi connectivity index (χ2v) is 9.06. The molecule has 10 heteroatoms. The third-order valence-corrected chi connectivity index (χ3v) is 6.38. The summed E-state index contributed by atoms with van der Waals surface area (Å²) in [5, 5.41) is 15.6. The van der Waals surface area contributed by atoms with E-state index in [9.17, 15) is 14.0 Å². The summed E-state index contributed by atoms with van der Waals surface area (Å²) in [7, 11) is 0. The Hall–Kier alpha value is -4.31. The monoisotopic (exact) mass is 536 g/mol. The van der Waals surface area contributed by atoms with Gasteiger partial charge in [0.1, 0.15) is 12.1 Å². The number of halogens is 1. The number of nitrogens with zero attached hydrogens (tertiary/aromatic N) is 4. The normalized spacial score (nSPS) is 15.2. The lowest BCUT2D eigenvalue weighted by atomic mass is 9.92. The van der Waals surface area contributed by atoms with Crippen molar-refractivity contribution in [1.82, 2.24) is 14.9 Å². The zero-order chi connectivity index (χ0) is 28.0. The molecule has 1 saturated heterocycles. The minimum Gasteiger partial charge on any atom is -0.478 e. The van der Waals surface area contributed by atoms with E-state index in [2.05, 4.69) is 57.0 Å². The number of aromatic nitrogens is 2. The molecular weight excluding hydrogens is 503 g/mol. The number of carbonyl (C=O) groups is 2. The predicted molar refractivity (Wildman–Crippen MR) is 145 cm³/mol. The fourth-order valence-electron chi connectivity index (χ4n) is 4.35. The molecular formula is C29H33FN4O5. The topological polar surface area (TPSA) is 116 Å². The first-order chi connectivity index (χ1) is 18.8. The largest absolute Gasteiger partial charge is 0.478 e. The first-order valence-corrected chi connectivity index (χ1v) is 12.6. The molecule has 0 spiro atoms. The molecule has 1 aromatic heterocycles. The first kappa shape index (κ1) is 29.2. The Labute approximate surface area is 227 Å². The Morgan fingerprint density at radius 1 is 0.974 bits per heavy atom. The van der Waals surface area contributed by atoms with Crippen molar-refractivity contribution >= 4 is 17.6 Å². The predicted octanol–water partition coefficient (Wildman–Crippen LogP) is 4.09. The van der Waals surface area contributed by atoms with Crippen molar-refractivity contribution in [2.24, 2.45) is 0 Å². The van der Waals surface area contributed by atoms with E-state index < -0.39 is 11.9 Å². The summed E-state index contributed by atoms with van der Waals surface area (Å²) in [6.07, 6.45) is 5.20.